The Kier molecular flexibility index (Phi) is 4.03. The van der Waals surface area contributed by atoms with Gasteiger partial charge in [-0.3, -0.25) is 4.79 Å². The Bertz CT molecular complexity index is 689. The number of hydrogen-bond donors (Lipinski definition) is 2. The van der Waals surface area contributed by atoms with Gasteiger partial charge < -0.3 is 10.2 Å². The first-order chi connectivity index (χ1) is 11.3. The molecule has 3 rings (SSSR count). The minimum atomic E-state index is -5.06. The van der Waals surface area contributed by atoms with E-state index in [1.807, 2.05) is 0 Å². The molecule has 1 amide bonds. The average molecular weight is 342 g/mol. The van der Waals surface area contributed by atoms with Gasteiger partial charge in [-0.1, -0.05) is 25.0 Å². The molecule has 2 aliphatic rings. The summed E-state index contributed by atoms with van der Waals surface area (Å²) < 4.78 is 41.1. The lowest BCUT2D eigenvalue weighted by atomic mass is 9.87. The average Bonchev–Trinajstić information content (AvgIpc) is 2.68. The second-order valence-corrected chi connectivity index (χ2v) is 6.10. The van der Waals surface area contributed by atoms with Gasteiger partial charge in [0.25, 0.3) is 11.6 Å². The lowest BCUT2D eigenvalue weighted by Crippen LogP contribution is -2.61. The molecule has 130 valence electrons. The molecule has 1 heterocycles. The third kappa shape index (κ3) is 2.45. The zero-order valence-electron chi connectivity index (χ0n) is 12.8. The van der Waals surface area contributed by atoms with Crippen molar-refractivity contribution >= 4 is 11.6 Å². The van der Waals surface area contributed by atoms with Crippen LogP contribution < -0.4 is 0 Å². The molecule has 0 unspecified atom stereocenters. The van der Waals surface area contributed by atoms with Gasteiger partial charge in [0.15, 0.2) is 0 Å². The van der Waals surface area contributed by atoms with Crippen molar-refractivity contribution in [3.63, 3.8) is 0 Å². The summed E-state index contributed by atoms with van der Waals surface area (Å²) in [5, 5.41) is 24.2. The van der Waals surface area contributed by atoms with E-state index in [1.165, 1.54) is 24.3 Å². The molecule has 0 saturated heterocycles. The summed E-state index contributed by atoms with van der Waals surface area (Å²) >= 11 is 0. The van der Waals surface area contributed by atoms with Crippen LogP contribution in [0.25, 0.3) is 0 Å². The second kappa shape index (κ2) is 5.77. The van der Waals surface area contributed by atoms with E-state index < -0.39 is 29.5 Å². The van der Waals surface area contributed by atoms with Crippen molar-refractivity contribution in [1.82, 2.24) is 5.01 Å². The minimum Gasteiger partial charge on any atom is -0.507 e. The lowest BCUT2D eigenvalue weighted by molar-refractivity contribution is -0.312. The molecule has 0 bridgehead atoms. The maximum Gasteiger partial charge on any atom is 0.439 e. The molecule has 1 aromatic carbocycles. The number of hydrazone groups is 1. The highest BCUT2D eigenvalue weighted by atomic mass is 19.4. The Hall–Kier alpha value is -2.09. The summed E-state index contributed by atoms with van der Waals surface area (Å²) in [6.07, 6.45) is -2.68. The first-order valence-electron chi connectivity index (χ1n) is 7.76. The third-order valence-electron chi connectivity index (χ3n) is 4.61. The Morgan fingerprint density at radius 3 is 2.62 bits per heavy atom. The van der Waals surface area contributed by atoms with Crippen LogP contribution >= 0.6 is 0 Å². The molecule has 1 aliphatic heterocycles. The number of alkyl halides is 3. The molecule has 2 N–H and O–H groups in total. The molecule has 1 saturated carbocycles. The van der Waals surface area contributed by atoms with Gasteiger partial charge in [0.1, 0.15) is 5.75 Å². The van der Waals surface area contributed by atoms with Gasteiger partial charge in [0, 0.05) is 5.71 Å². The zero-order chi connectivity index (χ0) is 17.5. The van der Waals surface area contributed by atoms with Crippen LogP contribution in [0.3, 0.4) is 0 Å². The molecule has 1 fully saturated rings. The van der Waals surface area contributed by atoms with Gasteiger partial charge in [-0.25, -0.2) is 0 Å². The smallest absolute Gasteiger partial charge is 0.439 e. The van der Waals surface area contributed by atoms with Gasteiger partial charge in [-0.2, -0.15) is 23.3 Å². The summed E-state index contributed by atoms with van der Waals surface area (Å²) in [5.74, 6) is -2.90. The van der Waals surface area contributed by atoms with E-state index in [4.69, 9.17) is 0 Å². The molecule has 24 heavy (non-hydrogen) atoms. The van der Waals surface area contributed by atoms with Crippen LogP contribution in [0, 0.1) is 5.92 Å². The van der Waals surface area contributed by atoms with Crippen LogP contribution in [0.4, 0.5) is 13.2 Å². The van der Waals surface area contributed by atoms with E-state index in [2.05, 4.69) is 5.10 Å². The van der Waals surface area contributed by atoms with Crippen molar-refractivity contribution in [3.8, 4) is 5.75 Å². The fourth-order valence-electron chi connectivity index (χ4n) is 3.36. The van der Waals surface area contributed by atoms with Gasteiger partial charge in [0.05, 0.1) is 11.5 Å². The number of fused-ring (bicyclic) bond motifs is 1. The van der Waals surface area contributed by atoms with Crippen molar-refractivity contribution in [3.05, 3.63) is 29.8 Å². The number of aliphatic hydroxyl groups is 1. The van der Waals surface area contributed by atoms with E-state index in [1.54, 1.807) is 0 Å². The van der Waals surface area contributed by atoms with Crippen molar-refractivity contribution in [1.29, 1.82) is 0 Å². The number of aromatic hydroxyl groups is 1. The number of amides is 1. The normalized spacial score (nSPS) is 27.4. The van der Waals surface area contributed by atoms with Crippen molar-refractivity contribution < 1.29 is 28.2 Å². The van der Waals surface area contributed by atoms with Gasteiger partial charge >= 0.3 is 6.18 Å². The largest absolute Gasteiger partial charge is 0.507 e. The topological polar surface area (TPSA) is 73.1 Å². The number of benzene rings is 1. The Labute approximate surface area is 136 Å². The Balaban J connectivity index is 2.07. The van der Waals surface area contributed by atoms with Crippen molar-refractivity contribution in [2.75, 3.05) is 0 Å². The van der Waals surface area contributed by atoms with E-state index in [0.29, 0.717) is 19.3 Å². The molecular weight excluding hydrogens is 325 g/mol. The van der Waals surface area contributed by atoms with E-state index in [-0.39, 0.29) is 22.7 Å². The minimum absolute atomic E-state index is 0.105. The number of nitrogens with zero attached hydrogens (tertiary/aromatic N) is 2. The predicted molar refractivity (Wildman–Crippen MR) is 79.3 cm³/mol. The number of hydrogen-bond acceptors (Lipinski definition) is 4. The number of para-hydroxylation sites is 1. The molecule has 2 atom stereocenters. The van der Waals surface area contributed by atoms with E-state index in [9.17, 15) is 28.2 Å². The van der Waals surface area contributed by atoms with Crippen LogP contribution in [0.1, 0.15) is 42.5 Å². The summed E-state index contributed by atoms with van der Waals surface area (Å²) in [6.45, 7) is 0. The van der Waals surface area contributed by atoms with Crippen LogP contribution in [0.15, 0.2) is 29.4 Å². The standard InChI is InChI=1S/C16H17F3N2O3/c17-16(18,19)15(24)11-7-2-1-3-8-12(11)20-21(15)14(23)10-6-4-5-9-13(10)22/h4-6,9,11,22,24H,1-3,7-8H2/t11-,15-/m0/s1. The highest BCUT2D eigenvalue weighted by Crippen LogP contribution is 2.48. The lowest BCUT2D eigenvalue weighted by Gasteiger charge is -2.37. The quantitative estimate of drug-likeness (QED) is 0.824. The summed E-state index contributed by atoms with van der Waals surface area (Å²) in [6, 6.07) is 5.26. The third-order valence-corrected chi connectivity index (χ3v) is 4.61. The highest BCUT2D eigenvalue weighted by molar-refractivity contribution is 6.00. The maximum absolute atomic E-state index is 13.7. The molecule has 1 aromatic rings. The fraction of sp³-hybridized carbons (Fsp3) is 0.500. The summed E-state index contributed by atoms with van der Waals surface area (Å²) in [7, 11) is 0. The van der Waals surface area contributed by atoms with E-state index in [0.717, 1.165) is 6.42 Å². The highest BCUT2D eigenvalue weighted by Gasteiger charge is 2.68. The van der Waals surface area contributed by atoms with Gasteiger partial charge in [-0.05, 0) is 31.4 Å². The summed E-state index contributed by atoms with van der Waals surface area (Å²) in [4.78, 5) is 12.6. The Morgan fingerprint density at radius 1 is 1.25 bits per heavy atom. The monoisotopic (exact) mass is 342 g/mol. The number of phenols is 1. The molecule has 0 aromatic heterocycles. The fourth-order valence-corrected chi connectivity index (χ4v) is 3.36. The van der Waals surface area contributed by atoms with Crippen LogP contribution in [0.2, 0.25) is 0 Å². The van der Waals surface area contributed by atoms with Crippen molar-refractivity contribution in [2.24, 2.45) is 11.0 Å². The molecular formula is C16H17F3N2O3. The Morgan fingerprint density at radius 2 is 1.96 bits per heavy atom. The number of phenolic OH excluding ortho intramolecular Hbond substituents is 1. The van der Waals surface area contributed by atoms with Crippen LogP contribution in [-0.2, 0) is 0 Å². The zero-order valence-corrected chi connectivity index (χ0v) is 12.8. The molecule has 8 heteroatoms. The first kappa shape index (κ1) is 16.8. The second-order valence-electron chi connectivity index (χ2n) is 6.10. The number of carbonyl (C=O) groups excluding carboxylic acids is 1. The number of rotatable bonds is 1. The number of carbonyl (C=O) groups is 1. The number of halogens is 3. The van der Waals surface area contributed by atoms with Gasteiger partial charge in [-0.15, -0.1) is 0 Å². The molecule has 5 nitrogen and oxygen atoms in total. The van der Waals surface area contributed by atoms with E-state index >= 15 is 0 Å². The predicted octanol–water partition coefficient (Wildman–Crippen LogP) is 3.04. The SMILES string of the molecule is O=C(c1ccccc1O)N1N=C2CCCCC[C@@H]2[C@]1(O)C(F)(F)F. The molecule has 1 aliphatic carbocycles. The molecule has 0 radical (unpaired) electrons. The van der Waals surface area contributed by atoms with Crippen molar-refractivity contribution in [2.45, 2.75) is 44.0 Å². The van der Waals surface area contributed by atoms with Crippen LogP contribution in [0.5, 0.6) is 5.75 Å². The maximum atomic E-state index is 13.7. The summed E-state index contributed by atoms with van der Waals surface area (Å²) in [5.41, 5.74) is -3.52. The molecule has 0 spiro atoms. The van der Waals surface area contributed by atoms with Gasteiger partial charge in [0.2, 0.25) is 0 Å². The van der Waals surface area contributed by atoms with Crippen LogP contribution in [-0.4, -0.2) is 38.7 Å². The first-order valence-corrected chi connectivity index (χ1v) is 7.76.